The van der Waals surface area contributed by atoms with Crippen molar-refractivity contribution in [1.82, 2.24) is 4.90 Å². The number of hydrogen-bond acceptors (Lipinski definition) is 3. The zero-order valence-corrected chi connectivity index (χ0v) is 10.4. The van der Waals surface area contributed by atoms with Crippen LogP contribution in [0.5, 0.6) is 0 Å². The molecule has 1 aliphatic rings. The van der Waals surface area contributed by atoms with Crippen molar-refractivity contribution in [3.8, 4) is 6.07 Å². The van der Waals surface area contributed by atoms with Crippen molar-refractivity contribution in [3.05, 3.63) is 34.9 Å². The molecule has 1 saturated heterocycles. The Balaban J connectivity index is 2.10. The van der Waals surface area contributed by atoms with Crippen molar-refractivity contribution in [2.75, 3.05) is 19.8 Å². The molecule has 3 nitrogen and oxygen atoms in total. The molecule has 0 aliphatic carbocycles. The van der Waals surface area contributed by atoms with Crippen LogP contribution in [0.25, 0.3) is 0 Å². The second kappa shape index (κ2) is 5.31. The number of hydrogen-bond donors (Lipinski definition) is 0. The standard InChI is InChI=1S/C14H18N2O/c1-11-7-13(8-15)3-4-14(11)9-16-5-6-17-10-12(16)2/h3-4,7,12H,5-6,9-10H2,1-2H3. The van der Waals surface area contributed by atoms with Crippen LogP contribution in [0.3, 0.4) is 0 Å². The van der Waals surface area contributed by atoms with Gasteiger partial charge < -0.3 is 4.74 Å². The number of rotatable bonds is 2. The molecular formula is C14H18N2O. The first-order valence-corrected chi connectivity index (χ1v) is 6.02. The molecule has 1 fully saturated rings. The topological polar surface area (TPSA) is 36.3 Å². The zero-order chi connectivity index (χ0) is 12.3. The third-order valence-electron chi connectivity index (χ3n) is 3.35. The van der Waals surface area contributed by atoms with Crippen LogP contribution in [0.15, 0.2) is 18.2 Å². The van der Waals surface area contributed by atoms with E-state index < -0.39 is 0 Å². The highest BCUT2D eigenvalue weighted by Crippen LogP contribution is 2.16. The Morgan fingerprint density at radius 2 is 2.35 bits per heavy atom. The smallest absolute Gasteiger partial charge is 0.0991 e. The Hall–Kier alpha value is -1.37. The maximum atomic E-state index is 8.84. The SMILES string of the molecule is Cc1cc(C#N)ccc1CN1CCOCC1C. The molecule has 0 aromatic heterocycles. The Kier molecular flexibility index (Phi) is 3.78. The molecular weight excluding hydrogens is 212 g/mol. The lowest BCUT2D eigenvalue weighted by Crippen LogP contribution is -2.43. The van der Waals surface area contributed by atoms with Crippen LogP contribution in [0.1, 0.15) is 23.6 Å². The van der Waals surface area contributed by atoms with Gasteiger partial charge in [-0.05, 0) is 37.1 Å². The third kappa shape index (κ3) is 2.85. The first-order chi connectivity index (χ1) is 8.20. The van der Waals surface area contributed by atoms with Gasteiger partial charge in [0.15, 0.2) is 0 Å². The number of ether oxygens (including phenoxy) is 1. The van der Waals surface area contributed by atoms with E-state index in [1.54, 1.807) is 0 Å². The molecule has 2 rings (SSSR count). The van der Waals surface area contributed by atoms with Crippen LogP contribution < -0.4 is 0 Å². The zero-order valence-electron chi connectivity index (χ0n) is 10.4. The van der Waals surface area contributed by atoms with Gasteiger partial charge in [-0.1, -0.05) is 6.07 Å². The van der Waals surface area contributed by atoms with Gasteiger partial charge in [0, 0.05) is 19.1 Å². The van der Waals surface area contributed by atoms with Gasteiger partial charge >= 0.3 is 0 Å². The van der Waals surface area contributed by atoms with Crippen LogP contribution in [-0.2, 0) is 11.3 Å². The number of aryl methyl sites for hydroxylation is 1. The molecule has 1 heterocycles. The number of nitriles is 1. The first-order valence-electron chi connectivity index (χ1n) is 6.02. The summed E-state index contributed by atoms with van der Waals surface area (Å²) in [5, 5.41) is 8.84. The second-order valence-corrected chi connectivity index (χ2v) is 4.65. The van der Waals surface area contributed by atoms with Crippen LogP contribution in [0.2, 0.25) is 0 Å². The summed E-state index contributed by atoms with van der Waals surface area (Å²) in [6, 6.07) is 8.57. The summed E-state index contributed by atoms with van der Waals surface area (Å²) in [5.41, 5.74) is 3.24. The van der Waals surface area contributed by atoms with Crippen molar-refractivity contribution >= 4 is 0 Å². The lowest BCUT2D eigenvalue weighted by atomic mass is 10.0. The molecule has 90 valence electrons. The van der Waals surface area contributed by atoms with Crippen LogP contribution in [-0.4, -0.2) is 30.7 Å². The highest BCUT2D eigenvalue weighted by atomic mass is 16.5. The van der Waals surface area contributed by atoms with Crippen molar-refractivity contribution in [1.29, 1.82) is 5.26 Å². The van der Waals surface area contributed by atoms with Crippen LogP contribution >= 0.6 is 0 Å². The molecule has 0 radical (unpaired) electrons. The Morgan fingerprint density at radius 1 is 1.53 bits per heavy atom. The predicted molar refractivity (Wildman–Crippen MR) is 66.6 cm³/mol. The quantitative estimate of drug-likeness (QED) is 0.780. The van der Waals surface area contributed by atoms with E-state index in [9.17, 15) is 0 Å². The molecule has 0 bridgehead atoms. The lowest BCUT2D eigenvalue weighted by Gasteiger charge is -2.33. The normalized spacial score (nSPS) is 21.1. The van der Waals surface area contributed by atoms with E-state index >= 15 is 0 Å². The van der Waals surface area contributed by atoms with E-state index in [1.165, 1.54) is 11.1 Å². The monoisotopic (exact) mass is 230 g/mol. The number of benzene rings is 1. The predicted octanol–water partition coefficient (Wildman–Crippen LogP) is 2.09. The third-order valence-corrected chi connectivity index (χ3v) is 3.35. The number of nitrogens with zero attached hydrogens (tertiary/aromatic N) is 2. The van der Waals surface area contributed by atoms with E-state index in [0.29, 0.717) is 6.04 Å². The van der Waals surface area contributed by atoms with Crippen molar-refractivity contribution in [2.45, 2.75) is 26.4 Å². The molecule has 0 spiro atoms. The molecule has 0 saturated carbocycles. The van der Waals surface area contributed by atoms with E-state index in [1.807, 2.05) is 12.1 Å². The van der Waals surface area contributed by atoms with Gasteiger partial charge in [-0.3, -0.25) is 4.90 Å². The summed E-state index contributed by atoms with van der Waals surface area (Å²) in [5.74, 6) is 0. The molecule has 1 aliphatic heterocycles. The van der Waals surface area contributed by atoms with Gasteiger partial charge in [-0.2, -0.15) is 5.26 Å². The average molecular weight is 230 g/mol. The van der Waals surface area contributed by atoms with Gasteiger partial charge in [0.2, 0.25) is 0 Å². The van der Waals surface area contributed by atoms with E-state index in [0.717, 1.165) is 31.9 Å². The molecule has 1 aromatic carbocycles. The summed E-state index contributed by atoms with van der Waals surface area (Å²) in [6.45, 7) is 7.83. The molecule has 1 aromatic rings. The minimum absolute atomic E-state index is 0.471. The van der Waals surface area contributed by atoms with Gasteiger partial charge in [-0.25, -0.2) is 0 Å². The number of morpholine rings is 1. The van der Waals surface area contributed by atoms with E-state index in [2.05, 4.69) is 30.9 Å². The summed E-state index contributed by atoms with van der Waals surface area (Å²) in [7, 11) is 0. The molecule has 0 amide bonds. The Bertz CT molecular complexity index is 436. The highest BCUT2D eigenvalue weighted by molar-refractivity contribution is 5.37. The molecule has 17 heavy (non-hydrogen) atoms. The van der Waals surface area contributed by atoms with E-state index in [-0.39, 0.29) is 0 Å². The van der Waals surface area contributed by atoms with Crippen molar-refractivity contribution in [2.24, 2.45) is 0 Å². The fourth-order valence-electron chi connectivity index (χ4n) is 2.16. The summed E-state index contributed by atoms with van der Waals surface area (Å²) < 4.78 is 5.43. The second-order valence-electron chi connectivity index (χ2n) is 4.65. The van der Waals surface area contributed by atoms with Crippen LogP contribution in [0, 0.1) is 18.3 Å². The Labute approximate surface area is 103 Å². The van der Waals surface area contributed by atoms with Crippen molar-refractivity contribution < 1.29 is 4.74 Å². The van der Waals surface area contributed by atoms with Crippen molar-refractivity contribution in [3.63, 3.8) is 0 Å². The minimum atomic E-state index is 0.471. The summed E-state index contributed by atoms with van der Waals surface area (Å²) in [4.78, 5) is 2.43. The Morgan fingerprint density at radius 3 is 3.00 bits per heavy atom. The lowest BCUT2D eigenvalue weighted by molar-refractivity contribution is -0.00444. The minimum Gasteiger partial charge on any atom is -0.379 e. The van der Waals surface area contributed by atoms with Gasteiger partial charge in [0.1, 0.15) is 0 Å². The first kappa shape index (κ1) is 12.1. The highest BCUT2D eigenvalue weighted by Gasteiger charge is 2.19. The maximum Gasteiger partial charge on any atom is 0.0991 e. The van der Waals surface area contributed by atoms with Gasteiger partial charge in [0.25, 0.3) is 0 Å². The molecule has 3 heteroatoms. The summed E-state index contributed by atoms with van der Waals surface area (Å²) >= 11 is 0. The summed E-state index contributed by atoms with van der Waals surface area (Å²) in [6.07, 6.45) is 0. The molecule has 1 atom stereocenters. The van der Waals surface area contributed by atoms with Crippen LogP contribution in [0.4, 0.5) is 0 Å². The molecule has 0 N–H and O–H groups in total. The van der Waals surface area contributed by atoms with Gasteiger partial charge in [-0.15, -0.1) is 0 Å². The maximum absolute atomic E-state index is 8.84. The fourth-order valence-corrected chi connectivity index (χ4v) is 2.16. The van der Waals surface area contributed by atoms with E-state index in [4.69, 9.17) is 10.00 Å². The molecule has 1 unspecified atom stereocenters. The largest absolute Gasteiger partial charge is 0.379 e. The average Bonchev–Trinajstić information content (AvgIpc) is 2.34. The fraction of sp³-hybridized carbons (Fsp3) is 0.500. The van der Waals surface area contributed by atoms with Gasteiger partial charge in [0.05, 0.1) is 24.8 Å².